The van der Waals surface area contributed by atoms with E-state index in [0.29, 0.717) is 25.7 Å². The van der Waals surface area contributed by atoms with Crippen LogP contribution in [0, 0.1) is 0 Å². The average molecular weight is 375 g/mol. The van der Waals surface area contributed by atoms with E-state index in [4.69, 9.17) is 5.11 Å². The molecule has 23 heavy (non-hydrogen) atoms. The monoisotopic (exact) mass is 374 g/mol. The Bertz CT molecular complexity index is 333. The van der Waals surface area contributed by atoms with E-state index in [2.05, 4.69) is 6.92 Å². The maximum absolute atomic E-state index is 11.2. The quantitative estimate of drug-likeness (QED) is 0.251. The Morgan fingerprint density at radius 1 is 0.783 bits per heavy atom. The van der Waals surface area contributed by atoms with Crippen LogP contribution in [0.3, 0.4) is 0 Å². The molecule has 0 heterocycles. The van der Waals surface area contributed by atoms with Crippen molar-refractivity contribution in [1.82, 2.24) is 0 Å². The summed E-state index contributed by atoms with van der Waals surface area (Å²) in [6.45, 7) is 2.28. The summed E-state index contributed by atoms with van der Waals surface area (Å²) in [6.07, 6.45) is 14.1. The zero-order chi connectivity index (χ0) is 16.7. The van der Waals surface area contributed by atoms with Crippen LogP contribution in [0.2, 0.25) is 0 Å². The Morgan fingerprint density at radius 3 is 1.57 bits per heavy atom. The van der Waals surface area contributed by atoms with E-state index >= 15 is 0 Å². The van der Waals surface area contributed by atoms with E-state index in [1.807, 2.05) is 0 Å². The van der Waals surface area contributed by atoms with E-state index in [9.17, 15) is 13.0 Å². The molecule has 0 aliphatic heterocycles. The number of aliphatic hydroxyl groups is 1. The van der Waals surface area contributed by atoms with Crippen molar-refractivity contribution < 1.29 is 69.5 Å². The molecule has 0 rings (SSSR count). The molecule has 0 fully saturated rings. The van der Waals surface area contributed by atoms with Crippen LogP contribution >= 0.6 is 0 Å². The van der Waals surface area contributed by atoms with Crippen molar-refractivity contribution in [2.24, 2.45) is 0 Å². The minimum Gasteiger partial charge on any atom is -0.748 e. The fraction of sp³-hybridized carbons (Fsp3) is 1.00. The van der Waals surface area contributed by atoms with Crippen molar-refractivity contribution in [3.63, 3.8) is 0 Å². The molecule has 0 saturated carbocycles. The smallest absolute Gasteiger partial charge is 0.748 e. The summed E-state index contributed by atoms with van der Waals surface area (Å²) >= 11 is 0. The zero-order valence-corrected chi connectivity index (χ0v) is 19.2. The summed E-state index contributed by atoms with van der Waals surface area (Å²) in [5.74, 6) is 0. The van der Waals surface area contributed by atoms with E-state index in [1.54, 1.807) is 0 Å². The first-order valence-corrected chi connectivity index (χ1v) is 10.5. The second kappa shape index (κ2) is 18.3. The SMILES string of the molecule is CCCCCCCCCCCCC(CCCCO)S(=O)(=O)[O-].[K+]. The Labute approximate surface area is 186 Å². The van der Waals surface area contributed by atoms with Crippen LogP contribution in [0.1, 0.15) is 96.8 Å². The van der Waals surface area contributed by atoms with Crippen LogP contribution in [0.25, 0.3) is 0 Å². The molecule has 6 heteroatoms. The van der Waals surface area contributed by atoms with Crippen LogP contribution in [0.4, 0.5) is 0 Å². The number of aliphatic hydroxyl groups excluding tert-OH is 1. The Hall–Kier alpha value is 1.51. The number of rotatable bonds is 16. The third kappa shape index (κ3) is 18.1. The van der Waals surface area contributed by atoms with Gasteiger partial charge in [-0.25, -0.2) is 8.42 Å². The molecule has 0 aromatic rings. The Morgan fingerprint density at radius 2 is 1.17 bits per heavy atom. The van der Waals surface area contributed by atoms with Gasteiger partial charge in [0.2, 0.25) is 0 Å². The molecule has 134 valence electrons. The maximum Gasteiger partial charge on any atom is 1.00 e. The van der Waals surface area contributed by atoms with E-state index in [-0.39, 0.29) is 58.0 Å². The predicted molar refractivity (Wildman–Crippen MR) is 90.9 cm³/mol. The standard InChI is InChI=1S/C17H36O4S.K/c1-2-3-4-5-6-7-8-9-10-11-14-17(22(19,20)21)15-12-13-16-18;/h17-18H,2-16H2,1H3,(H,19,20,21);/q;+1/p-1. The maximum atomic E-state index is 11.2. The normalized spacial score (nSPS) is 12.8. The largest absolute Gasteiger partial charge is 1.00 e. The second-order valence-corrected chi connectivity index (χ2v) is 7.96. The number of hydrogen-bond donors (Lipinski definition) is 1. The van der Waals surface area contributed by atoms with Crippen LogP contribution in [-0.2, 0) is 10.1 Å². The van der Waals surface area contributed by atoms with Crippen molar-refractivity contribution in [2.75, 3.05) is 6.61 Å². The first kappa shape index (κ1) is 26.7. The summed E-state index contributed by atoms with van der Waals surface area (Å²) in [4.78, 5) is 0. The molecule has 1 atom stereocenters. The van der Waals surface area contributed by atoms with Crippen LogP contribution < -0.4 is 51.4 Å². The van der Waals surface area contributed by atoms with E-state index in [0.717, 1.165) is 19.3 Å². The summed E-state index contributed by atoms with van der Waals surface area (Å²) < 4.78 is 33.6. The van der Waals surface area contributed by atoms with Gasteiger partial charge in [0.15, 0.2) is 0 Å². The molecule has 0 aromatic carbocycles. The molecular weight excluding hydrogens is 339 g/mol. The first-order chi connectivity index (χ1) is 10.5. The average Bonchev–Trinajstić information content (AvgIpc) is 2.46. The van der Waals surface area contributed by atoms with Gasteiger partial charge >= 0.3 is 51.4 Å². The van der Waals surface area contributed by atoms with E-state index in [1.165, 1.54) is 44.9 Å². The fourth-order valence-electron chi connectivity index (χ4n) is 2.78. The molecule has 0 radical (unpaired) electrons. The van der Waals surface area contributed by atoms with Gasteiger partial charge in [-0.05, 0) is 25.7 Å². The topological polar surface area (TPSA) is 77.4 Å². The minimum absolute atomic E-state index is 0. The second-order valence-electron chi connectivity index (χ2n) is 6.30. The van der Waals surface area contributed by atoms with Crippen molar-refractivity contribution in [3.05, 3.63) is 0 Å². The first-order valence-electron chi connectivity index (χ1n) is 9.08. The van der Waals surface area contributed by atoms with Crippen LogP contribution in [-0.4, -0.2) is 29.9 Å². The van der Waals surface area contributed by atoms with Crippen molar-refractivity contribution in [1.29, 1.82) is 0 Å². The third-order valence-electron chi connectivity index (χ3n) is 4.22. The third-order valence-corrected chi connectivity index (χ3v) is 5.51. The molecule has 0 aromatic heterocycles. The Balaban J connectivity index is 0. The van der Waals surface area contributed by atoms with Crippen LogP contribution in [0.15, 0.2) is 0 Å². The van der Waals surface area contributed by atoms with Gasteiger partial charge in [-0.1, -0.05) is 71.1 Å². The summed E-state index contributed by atoms with van der Waals surface area (Å²) in [5.41, 5.74) is 0. The van der Waals surface area contributed by atoms with Gasteiger partial charge < -0.3 is 9.66 Å². The summed E-state index contributed by atoms with van der Waals surface area (Å²) in [7, 11) is -4.19. The van der Waals surface area contributed by atoms with Gasteiger partial charge in [-0.2, -0.15) is 0 Å². The van der Waals surface area contributed by atoms with Gasteiger partial charge in [0, 0.05) is 11.9 Å². The molecule has 0 spiro atoms. The van der Waals surface area contributed by atoms with Crippen molar-refractivity contribution in [3.8, 4) is 0 Å². The molecule has 0 aliphatic rings. The van der Waals surface area contributed by atoms with Crippen molar-refractivity contribution in [2.45, 2.75) is 102 Å². The minimum atomic E-state index is -4.19. The van der Waals surface area contributed by atoms with Gasteiger partial charge in [-0.3, -0.25) is 0 Å². The molecule has 1 N–H and O–H groups in total. The molecule has 0 saturated heterocycles. The number of hydrogen-bond acceptors (Lipinski definition) is 4. The molecule has 0 aliphatic carbocycles. The van der Waals surface area contributed by atoms with Gasteiger partial charge in [-0.15, -0.1) is 0 Å². The zero-order valence-electron chi connectivity index (χ0n) is 15.3. The van der Waals surface area contributed by atoms with Gasteiger partial charge in [0.05, 0.1) is 10.1 Å². The van der Waals surface area contributed by atoms with Crippen LogP contribution in [0.5, 0.6) is 0 Å². The molecule has 0 amide bonds. The fourth-order valence-corrected chi connectivity index (χ4v) is 3.69. The van der Waals surface area contributed by atoms with Gasteiger partial charge in [0.1, 0.15) is 0 Å². The van der Waals surface area contributed by atoms with Gasteiger partial charge in [0.25, 0.3) is 0 Å². The van der Waals surface area contributed by atoms with Crippen molar-refractivity contribution >= 4 is 10.1 Å². The van der Waals surface area contributed by atoms with E-state index < -0.39 is 15.4 Å². The summed E-state index contributed by atoms with van der Waals surface area (Å²) in [5, 5.41) is 7.96. The molecule has 4 nitrogen and oxygen atoms in total. The molecule has 1 unspecified atom stereocenters. The number of unbranched alkanes of at least 4 members (excludes halogenated alkanes) is 10. The predicted octanol–water partition coefficient (Wildman–Crippen LogP) is 1.38. The Kier molecular flexibility index (Phi) is 21.3. The molecular formula is C17H35KO4S. The molecule has 0 bridgehead atoms. The summed E-state index contributed by atoms with van der Waals surface area (Å²) in [6, 6.07) is 0.